The number of halogens is 1. The zero-order chi connectivity index (χ0) is 24.2. The molecule has 9 nitrogen and oxygen atoms in total. The lowest BCUT2D eigenvalue weighted by Crippen LogP contribution is -2.43. The quantitative estimate of drug-likeness (QED) is 0.479. The Labute approximate surface area is 220 Å². The number of rotatable bonds is 7. The van der Waals surface area contributed by atoms with E-state index in [2.05, 4.69) is 36.6 Å². The zero-order valence-corrected chi connectivity index (χ0v) is 21.6. The third-order valence-electron chi connectivity index (χ3n) is 6.49. The molecule has 36 heavy (non-hydrogen) atoms. The number of carbonyl (C=O) groups is 1. The molecule has 5 heterocycles. The van der Waals surface area contributed by atoms with Crippen LogP contribution in [0.5, 0.6) is 5.88 Å². The van der Waals surface area contributed by atoms with Gasteiger partial charge in [0.25, 0.3) is 0 Å². The van der Waals surface area contributed by atoms with E-state index in [1.54, 1.807) is 19.4 Å². The molecule has 1 saturated heterocycles. The monoisotopic (exact) mass is 525 g/mol. The van der Waals surface area contributed by atoms with Crippen LogP contribution < -0.4 is 15.4 Å². The number of pyridine rings is 3. The summed E-state index contributed by atoms with van der Waals surface area (Å²) < 4.78 is 5.28. The number of piperidine rings is 1. The molecule has 3 aromatic heterocycles. The third kappa shape index (κ3) is 5.87. The van der Waals surface area contributed by atoms with Crippen LogP contribution in [0, 0.1) is 11.3 Å². The molecule has 0 bridgehead atoms. The maximum absolute atomic E-state index is 11.6. The summed E-state index contributed by atoms with van der Waals surface area (Å²) in [5.74, 6) is 1.65. The van der Waals surface area contributed by atoms with Gasteiger partial charge in [-0.25, -0.2) is 9.97 Å². The summed E-state index contributed by atoms with van der Waals surface area (Å²) in [6.45, 7) is 3.52. The molecule has 0 spiro atoms. The normalized spacial score (nSPS) is 16.1. The van der Waals surface area contributed by atoms with Gasteiger partial charge in [0.05, 0.1) is 40.0 Å². The average molecular weight is 526 g/mol. The minimum atomic E-state index is 0. The number of thioether (sulfide) groups is 1. The Kier molecular flexibility index (Phi) is 8.59. The van der Waals surface area contributed by atoms with Gasteiger partial charge in [-0.15, -0.1) is 24.2 Å². The molecule has 1 fully saturated rings. The van der Waals surface area contributed by atoms with Crippen molar-refractivity contribution >= 4 is 46.9 Å². The van der Waals surface area contributed by atoms with Crippen molar-refractivity contribution in [1.82, 2.24) is 25.2 Å². The predicted octanol–water partition coefficient (Wildman–Crippen LogP) is 3.17. The highest BCUT2D eigenvalue weighted by atomic mass is 35.5. The standard InChI is InChI=1S/C25H27N7O2S.ClH/c1-34-23-5-3-20-24(31-23)19(16(12-26)13-28-20)8-11-32-9-6-17(7-10-32)27-14-18-2-4-21-25(29-18)30-22(33)15-35-21;/h2-5,13,17,27H,6-11,14-15H2,1H3,(H,29,30,33);1H. The van der Waals surface area contributed by atoms with E-state index in [1.807, 2.05) is 18.2 Å². The Balaban J connectivity index is 0.00000304. The molecule has 2 N–H and O–H groups in total. The lowest BCUT2D eigenvalue weighted by Gasteiger charge is -2.32. The number of carbonyl (C=O) groups excluding carboxylic acids is 1. The number of amides is 1. The first-order valence-corrected chi connectivity index (χ1v) is 12.7. The Morgan fingerprint density at radius 1 is 1.25 bits per heavy atom. The molecule has 0 atom stereocenters. The predicted molar refractivity (Wildman–Crippen MR) is 142 cm³/mol. The van der Waals surface area contributed by atoms with Crippen LogP contribution in [-0.2, 0) is 17.8 Å². The molecule has 11 heteroatoms. The lowest BCUT2D eigenvalue weighted by atomic mass is 10.0. The van der Waals surface area contributed by atoms with Crippen molar-refractivity contribution in [3.63, 3.8) is 0 Å². The van der Waals surface area contributed by atoms with Gasteiger partial charge in [-0.1, -0.05) is 0 Å². The fourth-order valence-corrected chi connectivity index (χ4v) is 5.30. The summed E-state index contributed by atoms with van der Waals surface area (Å²) >= 11 is 1.53. The SMILES string of the molecule is COc1ccc2ncc(C#N)c(CCN3CCC(NCc4ccc5c(n4)NC(=O)CS5)CC3)c2n1.Cl. The van der Waals surface area contributed by atoms with Gasteiger partial charge >= 0.3 is 0 Å². The van der Waals surface area contributed by atoms with Gasteiger partial charge in [0.1, 0.15) is 11.9 Å². The van der Waals surface area contributed by atoms with E-state index < -0.39 is 0 Å². The van der Waals surface area contributed by atoms with Crippen molar-refractivity contribution < 1.29 is 9.53 Å². The van der Waals surface area contributed by atoms with E-state index in [4.69, 9.17) is 4.74 Å². The molecular weight excluding hydrogens is 498 g/mol. The van der Waals surface area contributed by atoms with Gasteiger partial charge in [0.2, 0.25) is 11.8 Å². The van der Waals surface area contributed by atoms with Crippen LogP contribution in [-0.4, -0.2) is 64.3 Å². The summed E-state index contributed by atoms with van der Waals surface area (Å²) in [6.07, 6.45) is 4.47. The highest BCUT2D eigenvalue weighted by Crippen LogP contribution is 2.29. The van der Waals surface area contributed by atoms with Crippen LogP contribution in [0.1, 0.15) is 29.7 Å². The fourth-order valence-electron chi connectivity index (χ4n) is 4.55. The number of methoxy groups -OCH3 is 1. The molecule has 0 unspecified atom stereocenters. The number of fused-ring (bicyclic) bond motifs is 2. The summed E-state index contributed by atoms with van der Waals surface area (Å²) in [5, 5.41) is 16.1. The molecule has 0 saturated carbocycles. The number of nitrogens with one attached hydrogen (secondary N) is 2. The molecule has 2 aliphatic heterocycles. The minimum Gasteiger partial charge on any atom is -0.481 e. The molecule has 5 rings (SSSR count). The zero-order valence-electron chi connectivity index (χ0n) is 20.0. The van der Waals surface area contributed by atoms with E-state index in [-0.39, 0.29) is 18.3 Å². The second-order valence-electron chi connectivity index (χ2n) is 8.72. The number of hydrogen-bond acceptors (Lipinski definition) is 9. The minimum absolute atomic E-state index is 0. The van der Waals surface area contributed by atoms with E-state index in [9.17, 15) is 10.1 Å². The average Bonchev–Trinajstić information content (AvgIpc) is 2.90. The third-order valence-corrected chi connectivity index (χ3v) is 7.54. The van der Waals surface area contributed by atoms with Gasteiger partial charge in [-0.05, 0) is 50.6 Å². The molecule has 1 amide bonds. The second kappa shape index (κ2) is 11.8. The van der Waals surface area contributed by atoms with E-state index in [1.165, 1.54) is 11.8 Å². The first kappa shape index (κ1) is 26.1. The lowest BCUT2D eigenvalue weighted by molar-refractivity contribution is -0.113. The number of likely N-dealkylation sites (tertiary alicyclic amines) is 1. The topological polar surface area (TPSA) is 116 Å². The number of anilines is 1. The van der Waals surface area contributed by atoms with Crippen molar-refractivity contribution in [2.45, 2.75) is 36.7 Å². The van der Waals surface area contributed by atoms with Crippen LogP contribution >= 0.6 is 24.2 Å². The van der Waals surface area contributed by atoms with Crippen molar-refractivity contribution in [3.8, 4) is 11.9 Å². The largest absolute Gasteiger partial charge is 0.481 e. The molecular formula is C25H28ClN7O2S. The van der Waals surface area contributed by atoms with Crippen LogP contribution in [0.25, 0.3) is 11.0 Å². The summed E-state index contributed by atoms with van der Waals surface area (Å²) in [5.41, 5.74) is 3.96. The molecule has 3 aromatic rings. The van der Waals surface area contributed by atoms with E-state index in [0.717, 1.165) is 66.1 Å². The van der Waals surface area contributed by atoms with Gasteiger partial charge in [0, 0.05) is 37.0 Å². The van der Waals surface area contributed by atoms with Crippen molar-refractivity contribution in [1.29, 1.82) is 5.26 Å². The Hall–Kier alpha value is -2.97. The van der Waals surface area contributed by atoms with E-state index in [0.29, 0.717) is 35.6 Å². The summed E-state index contributed by atoms with van der Waals surface area (Å²) in [6, 6.07) is 10.4. The first-order chi connectivity index (χ1) is 17.1. The first-order valence-electron chi connectivity index (χ1n) is 11.7. The Bertz CT molecular complexity index is 1290. The molecule has 0 aliphatic carbocycles. The summed E-state index contributed by atoms with van der Waals surface area (Å²) in [7, 11) is 1.59. The smallest absolute Gasteiger partial charge is 0.235 e. The molecule has 2 aliphatic rings. The van der Waals surface area contributed by atoms with Gasteiger partial charge in [0.15, 0.2) is 0 Å². The number of ether oxygens (including phenoxy) is 1. The van der Waals surface area contributed by atoms with Gasteiger partial charge in [-0.3, -0.25) is 9.78 Å². The fraction of sp³-hybridized carbons (Fsp3) is 0.400. The van der Waals surface area contributed by atoms with Crippen molar-refractivity contribution in [2.75, 3.05) is 37.8 Å². The van der Waals surface area contributed by atoms with E-state index >= 15 is 0 Å². The van der Waals surface area contributed by atoms with Crippen LogP contribution in [0.4, 0.5) is 5.82 Å². The highest BCUT2D eigenvalue weighted by molar-refractivity contribution is 8.00. The number of hydrogen-bond donors (Lipinski definition) is 2. The maximum Gasteiger partial charge on any atom is 0.235 e. The summed E-state index contributed by atoms with van der Waals surface area (Å²) in [4.78, 5) is 28.6. The molecule has 0 aromatic carbocycles. The van der Waals surface area contributed by atoms with Crippen molar-refractivity contribution in [3.05, 3.63) is 47.3 Å². The number of aromatic nitrogens is 3. The van der Waals surface area contributed by atoms with Gasteiger partial charge in [-0.2, -0.15) is 5.26 Å². The maximum atomic E-state index is 11.6. The highest BCUT2D eigenvalue weighted by Gasteiger charge is 2.21. The Morgan fingerprint density at radius 3 is 2.86 bits per heavy atom. The molecule has 0 radical (unpaired) electrons. The van der Waals surface area contributed by atoms with Crippen LogP contribution in [0.15, 0.2) is 35.4 Å². The second-order valence-corrected chi connectivity index (χ2v) is 9.73. The van der Waals surface area contributed by atoms with Gasteiger partial charge < -0.3 is 20.3 Å². The van der Waals surface area contributed by atoms with Crippen molar-refractivity contribution in [2.24, 2.45) is 0 Å². The number of nitrogens with zero attached hydrogens (tertiary/aromatic N) is 5. The molecule has 188 valence electrons. The van der Waals surface area contributed by atoms with Crippen LogP contribution in [0.2, 0.25) is 0 Å². The Morgan fingerprint density at radius 2 is 2.08 bits per heavy atom. The van der Waals surface area contributed by atoms with Crippen LogP contribution in [0.3, 0.4) is 0 Å². The number of nitriles is 1.